The molecule has 1 saturated carbocycles. The number of hydrogen-bond acceptors (Lipinski definition) is 3. The van der Waals surface area contributed by atoms with Gasteiger partial charge in [-0.3, -0.25) is 4.79 Å². The Bertz CT molecular complexity index is 601. The lowest BCUT2D eigenvalue weighted by Gasteiger charge is -2.39. The van der Waals surface area contributed by atoms with E-state index < -0.39 is 5.41 Å². The summed E-state index contributed by atoms with van der Waals surface area (Å²) in [7, 11) is 0. The number of anilines is 1. The summed E-state index contributed by atoms with van der Waals surface area (Å²) in [5.74, 6) is 0.156. The second-order valence-electron chi connectivity index (χ2n) is 5.30. The van der Waals surface area contributed by atoms with Crippen molar-refractivity contribution in [3.05, 3.63) is 29.3 Å². The van der Waals surface area contributed by atoms with Crippen LogP contribution in [0.4, 0.5) is 5.69 Å². The molecule has 4 heteroatoms. The van der Waals surface area contributed by atoms with Crippen molar-refractivity contribution in [3.63, 3.8) is 0 Å². The lowest BCUT2D eigenvalue weighted by Crippen LogP contribution is -2.45. The molecule has 1 amide bonds. The number of rotatable bonds is 2. The predicted octanol–water partition coefficient (Wildman–Crippen LogP) is 2.75. The van der Waals surface area contributed by atoms with E-state index in [0.29, 0.717) is 30.0 Å². The highest BCUT2D eigenvalue weighted by atomic mass is 16.2. The number of hydrogen-bond donors (Lipinski definition) is 1. The van der Waals surface area contributed by atoms with Crippen molar-refractivity contribution in [1.29, 1.82) is 10.5 Å². The van der Waals surface area contributed by atoms with Crippen molar-refractivity contribution in [2.75, 3.05) is 5.32 Å². The van der Waals surface area contributed by atoms with Crippen LogP contribution in [0, 0.1) is 40.9 Å². The Balaban J connectivity index is 2.20. The smallest absolute Gasteiger partial charge is 0.244 e. The quantitative estimate of drug-likeness (QED) is 0.880. The minimum Gasteiger partial charge on any atom is -0.324 e. The molecule has 0 saturated heterocycles. The number of amides is 1. The van der Waals surface area contributed by atoms with Crippen molar-refractivity contribution >= 4 is 11.6 Å². The van der Waals surface area contributed by atoms with Crippen LogP contribution in [0.3, 0.4) is 0 Å². The molecule has 0 unspecified atom stereocenters. The van der Waals surface area contributed by atoms with Crippen molar-refractivity contribution in [2.45, 2.75) is 26.7 Å². The van der Waals surface area contributed by atoms with Gasteiger partial charge in [0.05, 0.1) is 17.7 Å². The van der Waals surface area contributed by atoms with Gasteiger partial charge in [-0.1, -0.05) is 13.0 Å². The lowest BCUT2D eigenvalue weighted by atomic mass is 9.63. The first-order chi connectivity index (χ1) is 9.00. The first-order valence-electron chi connectivity index (χ1n) is 6.24. The highest BCUT2D eigenvalue weighted by Crippen LogP contribution is 2.45. The molecule has 0 heterocycles. The Labute approximate surface area is 112 Å². The second kappa shape index (κ2) is 4.74. The summed E-state index contributed by atoms with van der Waals surface area (Å²) in [6.45, 7) is 3.89. The molecule has 4 nitrogen and oxygen atoms in total. The van der Waals surface area contributed by atoms with E-state index in [1.807, 2.05) is 19.9 Å². The summed E-state index contributed by atoms with van der Waals surface area (Å²) in [5, 5.41) is 20.9. The Morgan fingerprint density at radius 2 is 2.11 bits per heavy atom. The van der Waals surface area contributed by atoms with Gasteiger partial charge in [-0.15, -0.1) is 0 Å². The van der Waals surface area contributed by atoms with E-state index in [1.54, 1.807) is 18.2 Å². The van der Waals surface area contributed by atoms with Gasteiger partial charge in [0.1, 0.15) is 5.41 Å². The maximum Gasteiger partial charge on any atom is 0.244 e. The largest absolute Gasteiger partial charge is 0.324 e. The normalized spacial score (nSPS) is 24.7. The van der Waals surface area contributed by atoms with E-state index in [9.17, 15) is 10.1 Å². The molecule has 96 valence electrons. The van der Waals surface area contributed by atoms with Gasteiger partial charge in [0.15, 0.2) is 0 Å². The molecule has 0 aromatic heterocycles. The van der Waals surface area contributed by atoms with Crippen molar-refractivity contribution < 1.29 is 4.79 Å². The van der Waals surface area contributed by atoms with Crippen LogP contribution in [0.15, 0.2) is 18.2 Å². The van der Waals surface area contributed by atoms with Crippen LogP contribution >= 0.6 is 0 Å². The molecule has 19 heavy (non-hydrogen) atoms. The van der Waals surface area contributed by atoms with Gasteiger partial charge in [0.25, 0.3) is 0 Å². The Morgan fingerprint density at radius 3 is 2.63 bits per heavy atom. The van der Waals surface area contributed by atoms with E-state index in [-0.39, 0.29) is 5.91 Å². The summed E-state index contributed by atoms with van der Waals surface area (Å²) in [6.07, 6.45) is 1.21. The van der Waals surface area contributed by atoms with E-state index in [1.165, 1.54) is 0 Å². The third-order valence-corrected chi connectivity index (χ3v) is 3.66. The van der Waals surface area contributed by atoms with Crippen LogP contribution in [-0.4, -0.2) is 5.91 Å². The standard InChI is InChI=1S/C15H15N3O/c1-10-6-15(7-10,9-17)14(19)18-13-5-12(8-16)4-3-11(13)2/h3-5,10H,6-7H2,1-2H3,(H,18,19). The highest BCUT2D eigenvalue weighted by molar-refractivity contribution is 5.98. The number of nitriles is 2. The minimum absolute atomic E-state index is 0.258. The molecule has 0 aliphatic heterocycles. The zero-order valence-corrected chi connectivity index (χ0v) is 11.0. The molecular weight excluding hydrogens is 238 g/mol. The number of nitrogens with one attached hydrogen (secondary N) is 1. The molecular formula is C15H15N3O. The molecule has 1 fully saturated rings. The zero-order chi connectivity index (χ0) is 14.0. The number of nitrogens with zero attached hydrogens (tertiary/aromatic N) is 2. The van der Waals surface area contributed by atoms with Crippen LogP contribution < -0.4 is 5.32 Å². The second-order valence-corrected chi connectivity index (χ2v) is 5.30. The molecule has 2 rings (SSSR count). The summed E-state index contributed by atoms with van der Waals surface area (Å²) in [5.41, 5.74) is 1.09. The molecule has 1 aliphatic carbocycles. The summed E-state index contributed by atoms with van der Waals surface area (Å²) in [4.78, 5) is 12.2. The van der Waals surface area contributed by atoms with Gasteiger partial charge in [-0.2, -0.15) is 10.5 Å². The van der Waals surface area contributed by atoms with E-state index in [4.69, 9.17) is 5.26 Å². The fraction of sp³-hybridized carbons (Fsp3) is 0.400. The van der Waals surface area contributed by atoms with Gasteiger partial charge >= 0.3 is 0 Å². The number of benzene rings is 1. The Kier molecular flexibility index (Phi) is 3.27. The lowest BCUT2D eigenvalue weighted by molar-refractivity contribution is -0.128. The Hall–Kier alpha value is -2.33. The summed E-state index contributed by atoms with van der Waals surface area (Å²) >= 11 is 0. The Morgan fingerprint density at radius 1 is 1.42 bits per heavy atom. The highest BCUT2D eigenvalue weighted by Gasteiger charge is 2.49. The van der Waals surface area contributed by atoms with Crippen molar-refractivity contribution in [1.82, 2.24) is 0 Å². The van der Waals surface area contributed by atoms with Gasteiger partial charge in [-0.25, -0.2) is 0 Å². The van der Waals surface area contributed by atoms with Crippen LogP contribution in [0.5, 0.6) is 0 Å². The van der Waals surface area contributed by atoms with Gasteiger partial charge in [0.2, 0.25) is 5.91 Å². The average molecular weight is 253 g/mol. The first kappa shape index (κ1) is 13.1. The minimum atomic E-state index is -0.894. The SMILES string of the molecule is Cc1ccc(C#N)cc1NC(=O)C1(C#N)CC(C)C1. The third-order valence-electron chi connectivity index (χ3n) is 3.66. The fourth-order valence-corrected chi connectivity index (χ4v) is 2.53. The van der Waals surface area contributed by atoms with E-state index in [0.717, 1.165) is 5.56 Å². The predicted molar refractivity (Wildman–Crippen MR) is 71.0 cm³/mol. The van der Waals surface area contributed by atoms with Gasteiger partial charge in [0, 0.05) is 5.69 Å². The average Bonchev–Trinajstić information content (AvgIpc) is 2.37. The molecule has 1 aromatic carbocycles. The molecule has 1 N–H and O–H groups in total. The number of carbonyl (C=O) groups excluding carboxylic acids is 1. The monoisotopic (exact) mass is 253 g/mol. The van der Waals surface area contributed by atoms with Gasteiger partial charge < -0.3 is 5.32 Å². The van der Waals surface area contributed by atoms with Crippen LogP contribution in [-0.2, 0) is 4.79 Å². The van der Waals surface area contributed by atoms with Gasteiger partial charge in [-0.05, 0) is 43.4 Å². The van der Waals surface area contributed by atoms with Crippen LogP contribution in [0.1, 0.15) is 30.9 Å². The zero-order valence-electron chi connectivity index (χ0n) is 11.0. The van der Waals surface area contributed by atoms with Crippen LogP contribution in [0.25, 0.3) is 0 Å². The van der Waals surface area contributed by atoms with E-state index in [2.05, 4.69) is 11.4 Å². The molecule has 0 spiro atoms. The van der Waals surface area contributed by atoms with Crippen LogP contribution in [0.2, 0.25) is 0 Å². The molecule has 0 atom stereocenters. The number of carbonyl (C=O) groups is 1. The summed E-state index contributed by atoms with van der Waals surface area (Å²) in [6, 6.07) is 9.31. The third kappa shape index (κ3) is 2.30. The van der Waals surface area contributed by atoms with Crippen molar-refractivity contribution in [2.24, 2.45) is 11.3 Å². The molecule has 0 radical (unpaired) electrons. The fourth-order valence-electron chi connectivity index (χ4n) is 2.53. The molecule has 1 aliphatic rings. The maximum absolute atomic E-state index is 12.2. The van der Waals surface area contributed by atoms with Crippen molar-refractivity contribution in [3.8, 4) is 12.1 Å². The summed E-state index contributed by atoms with van der Waals surface area (Å²) < 4.78 is 0. The molecule has 0 bridgehead atoms. The maximum atomic E-state index is 12.2. The topological polar surface area (TPSA) is 76.7 Å². The van der Waals surface area contributed by atoms with E-state index >= 15 is 0 Å². The molecule has 1 aromatic rings. The first-order valence-corrected chi connectivity index (χ1v) is 6.24. The number of aryl methyl sites for hydroxylation is 1.